The number of pyridine rings is 1. The fourth-order valence-corrected chi connectivity index (χ4v) is 4.55. The summed E-state index contributed by atoms with van der Waals surface area (Å²) in [6, 6.07) is 9.63. The standard InChI is InChI=1S/C22H20FN7O2/c23-18-6-2-1-4-14(18)11-30-20-17(5-3-7-27-20)19(28-30)22(15-9-25-13-26-10-15)8-16(24)12-29(22)21(31)32/h1-7,9-10,13,16H,8,11-12,24H2,(H,31,32). The van der Waals surface area contributed by atoms with Gasteiger partial charge in [-0.25, -0.2) is 28.8 Å². The molecule has 1 aliphatic rings. The number of carboxylic acid groups (broad SMARTS) is 1. The lowest BCUT2D eigenvalue weighted by atomic mass is 9.83. The van der Waals surface area contributed by atoms with Crippen molar-refractivity contribution in [1.29, 1.82) is 0 Å². The molecule has 1 aliphatic heterocycles. The zero-order valence-electron chi connectivity index (χ0n) is 17.0. The van der Waals surface area contributed by atoms with Gasteiger partial charge in [0.2, 0.25) is 0 Å². The first-order chi connectivity index (χ1) is 15.5. The summed E-state index contributed by atoms with van der Waals surface area (Å²) in [5.41, 5.74) is 7.07. The first-order valence-electron chi connectivity index (χ1n) is 10.1. The lowest BCUT2D eigenvalue weighted by Crippen LogP contribution is -2.46. The second-order valence-corrected chi connectivity index (χ2v) is 7.82. The summed E-state index contributed by atoms with van der Waals surface area (Å²) in [5, 5.41) is 15.5. The molecular formula is C22H20FN7O2. The highest BCUT2D eigenvalue weighted by molar-refractivity contribution is 5.82. The van der Waals surface area contributed by atoms with Gasteiger partial charge in [0.15, 0.2) is 5.65 Å². The molecule has 1 amide bonds. The van der Waals surface area contributed by atoms with Gasteiger partial charge in [0.1, 0.15) is 23.4 Å². The molecule has 0 spiro atoms. The van der Waals surface area contributed by atoms with E-state index in [0.29, 0.717) is 34.3 Å². The van der Waals surface area contributed by atoms with Crippen LogP contribution in [0.3, 0.4) is 0 Å². The lowest BCUT2D eigenvalue weighted by molar-refractivity contribution is 0.115. The van der Waals surface area contributed by atoms with Gasteiger partial charge in [-0.3, -0.25) is 4.90 Å². The summed E-state index contributed by atoms with van der Waals surface area (Å²) in [7, 11) is 0. The van der Waals surface area contributed by atoms with Crippen LogP contribution in [-0.4, -0.2) is 53.4 Å². The van der Waals surface area contributed by atoms with E-state index in [4.69, 9.17) is 10.8 Å². The molecule has 3 aromatic heterocycles. The Hall–Kier alpha value is -3.92. The maximum Gasteiger partial charge on any atom is 0.408 e. The highest BCUT2D eigenvalue weighted by Crippen LogP contribution is 2.45. The zero-order chi connectivity index (χ0) is 22.3. The smallest absolute Gasteiger partial charge is 0.408 e. The number of nitrogens with two attached hydrogens (primary N) is 1. The normalized spacial score (nSPS) is 20.7. The predicted molar refractivity (Wildman–Crippen MR) is 113 cm³/mol. The molecule has 2 atom stereocenters. The fraction of sp³-hybridized carbons (Fsp3) is 0.227. The topological polar surface area (TPSA) is 123 Å². The van der Waals surface area contributed by atoms with E-state index in [0.717, 1.165) is 0 Å². The molecule has 1 saturated heterocycles. The number of rotatable bonds is 4. The van der Waals surface area contributed by atoms with Gasteiger partial charge in [-0.2, -0.15) is 5.10 Å². The summed E-state index contributed by atoms with van der Waals surface area (Å²) < 4.78 is 16.0. The van der Waals surface area contributed by atoms with Crippen molar-refractivity contribution >= 4 is 17.1 Å². The molecule has 4 aromatic rings. The van der Waals surface area contributed by atoms with E-state index in [9.17, 15) is 14.3 Å². The van der Waals surface area contributed by atoms with E-state index >= 15 is 0 Å². The molecule has 10 heteroatoms. The Bertz CT molecular complexity index is 1300. The van der Waals surface area contributed by atoms with Crippen LogP contribution in [0.25, 0.3) is 11.0 Å². The summed E-state index contributed by atoms with van der Waals surface area (Å²) in [6.45, 7) is 0.271. The van der Waals surface area contributed by atoms with Gasteiger partial charge < -0.3 is 10.8 Å². The third-order valence-electron chi connectivity index (χ3n) is 5.88. The summed E-state index contributed by atoms with van der Waals surface area (Å²) in [6.07, 6.45) is 5.35. The maximum atomic E-state index is 14.4. The molecule has 4 heterocycles. The Morgan fingerprint density at radius 2 is 2.00 bits per heavy atom. The van der Waals surface area contributed by atoms with Crippen molar-refractivity contribution in [2.45, 2.75) is 24.5 Å². The maximum absolute atomic E-state index is 14.4. The van der Waals surface area contributed by atoms with Crippen LogP contribution in [-0.2, 0) is 12.1 Å². The summed E-state index contributed by atoms with van der Waals surface area (Å²) >= 11 is 0. The van der Waals surface area contributed by atoms with E-state index in [1.807, 2.05) is 6.07 Å². The van der Waals surface area contributed by atoms with Crippen LogP contribution in [0.2, 0.25) is 0 Å². The number of halogens is 1. The summed E-state index contributed by atoms with van der Waals surface area (Å²) in [5.74, 6) is -0.352. The van der Waals surface area contributed by atoms with Gasteiger partial charge in [0.25, 0.3) is 0 Å². The molecule has 1 aromatic carbocycles. The van der Waals surface area contributed by atoms with E-state index < -0.39 is 17.7 Å². The van der Waals surface area contributed by atoms with Crippen molar-refractivity contribution in [2.75, 3.05) is 6.54 Å². The lowest BCUT2D eigenvalue weighted by Gasteiger charge is -2.35. The highest BCUT2D eigenvalue weighted by Gasteiger charge is 2.53. The third-order valence-corrected chi connectivity index (χ3v) is 5.88. The number of hydrogen-bond donors (Lipinski definition) is 2. The molecule has 0 radical (unpaired) electrons. The monoisotopic (exact) mass is 433 g/mol. The van der Waals surface area contributed by atoms with Crippen LogP contribution in [0.5, 0.6) is 0 Å². The van der Waals surface area contributed by atoms with Gasteiger partial charge in [0, 0.05) is 47.7 Å². The first kappa shape index (κ1) is 20.0. The highest BCUT2D eigenvalue weighted by atomic mass is 19.1. The number of aromatic nitrogens is 5. The van der Waals surface area contributed by atoms with E-state index in [1.54, 1.807) is 47.5 Å². The van der Waals surface area contributed by atoms with Gasteiger partial charge in [-0.15, -0.1) is 0 Å². The molecule has 1 fully saturated rings. The quantitative estimate of drug-likeness (QED) is 0.506. The van der Waals surface area contributed by atoms with Crippen molar-refractivity contribution in [3.8, 4) is 0 Å². The third kappa shape index (κ3) is 3.07. The minimum Gasteiger partial charge on any atom is -0.465 e. The Kier molecular flexibility index (Phi) is 4.78. The van der Waals surface area contributed by atoms with E-state index in [1.165, 1.54) is 17.3 Å². The predicted octanol–water partition coefficient (Wildman–Crippen LogP) is 2.36. The van der Waals surface area contributed by atoms with Crippen molar-refractivity contribution in [1.82, 2.24) is 29.6 Å². The molecule has 3 N–H and O–H groups in total. The van der Waals surface area contributed by atoms with Crippen LogP contribution in [0.15, 0.2) is 61.3 Å². The molecule has 5 rings (SSSR count). The molecule has 32 heavy (non-hydrogen) atoms. The first-order valence-corrected chi connectivity index (χ1v) is 10.1. The fourth-order valence-electron chi connectivity index (χ4n) is 4.55. The van der Waals surface area contributed by atoms with Crippen LogP contribution in [0.4, 0.5) is 9.18 Å². The van der Waals surface area contributed by atoms with Gasteiger partial charge in [0.05, 0.1) is 6.54 Å². The molecule has 0 bridgehead atoms. The molecule has 9 nitrogen and oxygen atoms in total. The number of carbonyl (C=O) groups is 1. The second-order valence-electron chi connectivity index (χ2n) is 7.82. The van der Waals surface area contributed by atoms with E-state index in [2.05, 4.69) is 15.0 Å². The van der Waals surface area contributed by atoms with Crippen molar-refractivity contribution in [2.24, 2.45) is 5.73 Å². The number of likely N-dealkylation sites (tertiary alicyclic amines) is 1. The zero-order valence-corrected chi connectivity index (χ0v) is 17.0. The molecular weight excluding hydrogens is 413 g/mol. The largest absolute Gasteiger partial charge is 0.465 e. The SMILES string of the molecule is NC1CN(C(=O)O)C(c2cncnc2)(c2nn(Cc3ccccc3F)c3ncccc23)C1. The molecule has 2 unspecified atom stereocenters. The second kappa shape index (κ2) is 7.65. The Labute approximate surface area is 182 Å². The Balaban J connectivity index is 1.76. The van der Waals surface area contributed by atoms with Crippen molar-refractivity contribution < 1.29 is 14.3 Å². The average Bonchev–Trinajstić information content (AvgIpc) is 3.35. The average molecular weight is 433 g/mol. The summed E-state index contributed by atoms with van der Waals surface area (Å²) in [4.78, 5) is 26.3. The van der Waals surface area contributed by atoms with Gasteiger partial charge in [-0.1, -0.05) is 18.2 Å². The molecule has 162 valence electrons. The Morgan fingerprint density at radius 1 is 1.22 bits per heavy atom. The molecule has 0 aliphatic carbocycles. The minimum absolute atomic E-state index is 0.131. The van der Waals surface area contributed by atoms with Crippen LogP contribution < -0.4 is 5.73 Å². The number of nitrogens with zero attached hydrogens (tertiary/aromatic N) is 6. The number of amides is 1. The number of fused-ring (bicyclic) bond motifs is 1. The molecule has 0 saturated carbocycles. The van der Waals surface area contributed by atoms with Crippen LogP contribution in [0.1, 0.15) is 23.2 Å². The van der Waals surface area contributed by atoms with Crippen LogP contribution >= 0.6 is 0 Å². The number of hydrogen-bond acceptors (Lipinski definition) is 6. The van der Waals surface area contributed by atoms with Gasteiger partial charge >= 0.3 is 6.09 Å². The minimum atomic E-state index is -1.20. The van der Waals surface area contributed by atoms with Gasteiger partial charge in [-0.05, 0) is 24.6 Å². The van der Waals surface area contributed by atoms with Crippen LogP contribution in [0, 0.1) is 5.82 Å². The van der Waals surface area contributed by atoms with Crippen molar-refractivity contribution in [3.63, 3.8) is 0 Å². The Morgan fingerprint density at radius 3 is 2.75 bits per heavy atom. The van der Waals surface area contributed by atoms with Crippen molar-refractivity contribution in [3.05, 3.63) is 84.0 Å². The van der Waals surface area contributed by atoms with E-state index in [-0.39, 0.29) is 18.9 Å². The number of benzene rings is 1.